The Morgan fingerprint density at radius 2 is 1.96 bits per heavy atom. The van der Waals surface area contributed by atoms with Gasteiger partial charge in [0.1, 0.15) is 12.1 Å². The summed E-state index contributed by atoms with van der Waals surface area (Å²) in [5.41, 5.74) is 4.33. The van der Waals surface area contributed by atoms with Crippen LogP contribution in [0.1, 0.15) is 21.9 Å². The molecule has 0 bridgehead atoms. The standard InChI is InChI=1S/C19H16N4O2/c1-12-10-13(2)23-11-20-17(18(23)21-12)19(24)22-15-7-5-14(6-8-15)16-4-3-9-25-16/h3-11H,1-2H3,(H,22,24). The molecule has 6 nitrogen and oxygen atoms in total. The number of furan rings is 1. The molecule has 0 aliphatic heterocycles. The van der Waals surface area contributed by atoms with Gasteiger partial charge in [0.15, 0.2) is 11.3 Å². The van der Waals surface area contributed by atoms with Crippen LogP contribution in [0.25, 0.3) is 17.0 Å². The third-order valence-corrected chi connectivity index (χ3v) is 3.99. The van der Waals surface area contributed by atoms with Crippen molar-refractivity contribution in [2.45, 2.75) is 13.8 Å². The normalized spacial score (nSPS) is 11.0. The molecule has 1 N–H and O–H groups in total. The highest BCUT2D eigenvalue weighted by Crippen LogP contribution is 2.22. The van der Waals surface area contributed by atoms with Crippen LogP contribution >= 0.6 is 0 Å². The monoisotopic (exact) mass is 332 g/mol. The van der Waals surface area contributed by atoms with Crippen molar-refractivity contribution in [3.8, 4) is 11.3 Å². The van der Waals surface area contributed by atoms with E-state index in [1.54, 1.807) is 12.6 Å². The summed E-state index contributed by atoms with van der Waals surface area (Å²) >= 11 is 0. The number of hydrogen-bond donors (Lipinski definition) is 1. The molecule has 1 aromatic carbocycles. The molecule has 3 aromatic heterocycles. The maximum atomic E-state index is 12.6. The summed E-state index contributed by atoms with van der Waals surface area (Å²) in [7, 11) is 0. The molecule has 6 heteroatoms. The largest absolute Gasteiger partial charge is 0.464 e. The summed E-state index contributed by atoms with van der Waals surface area (Å²) in [5, 5.41) is 2.86. The molecular formula is C19H16N4O2. The Hall–Kier alpha value is -3.41. The van der Waals surface area contributed by atoms with Gasteiger partial charge in [-0.05, 0) is 56.3 Å². The molecule has 4 aromatic rings. The fraction of sp³-hybridized carbons (Fsp3) is 0.105. The number of aryl methyl sites for hydroxylation is 2. The van der Waals surface area contributed by atoms with Gasteiger partial charge in [-0.25, -0.2) is 9.97 Å². The number of carbonyl (C=O) groups excluding carboxylic acids is 1. The highest BCUT2D eigenvalue weighted by atomic mass is 16.3. The molecule has 0 aliphatic carbocycles. The van der Waals surface area contributed by atoms with Crippen molar-refractivity contribution in [2.75, 3.05) is 5.32 Å². The van der Waals surface area contributed by atoms with E-state index in [1.165, 1.54) is 0 Å². The maximum Gasteiger partial charge on any atom is 0.278 e. The third kappa shape index (κ3) is 2.78. The van der Waals surface area contributed by atoms with Gasteiger partial charge in [-0.2, -0.15) is 0 Å². The first kappa shape index (κ1) is 15.1. The summed E-state index contributed by atoms with van der Waals surface area (Å²) in [6.45, 7) is 3.85. The van der Waals surface area contributed by atoms with Crippen molar-refractivity contribution in [1.29, 1.82) is 0 Å². The quantitative estimate of drug-likeness (QED) is 0.618. The summed E-state index contributed by atoms with van der Waals surface area (Å²) in [6.07, 6.45) is 3.25. The van der Waals surface area contributed by atoms with Crippen LogP contribution in [0.3, 0.4) is 0 Å². The van der Waals surface area contributed by atoms with Crippen molar-refractivity contribution in [3.05, 3.63) is 72.1 Å². The Morgan fingerprint density at radius 1 is 1.16 bits per heavy atom. The summed E-state index contributed by atoms with van der Waals surface area (Å²) in [4.78, 5) is 21.2. The number of imidazole rings is 1. The van der Waals surface area contributed by atoms with Crippen molar-refractivity contribution in [2.24, 2.45) is 0 Å². The molecule has 3 heterocycles. The molecule has 1 amide bonds. The second-order valence-electron chi connectivity index (χ2n) is 5.83. The smallest absolute Gasteiger partial charge is 0.278 e. The number of anilines is 1. The number of fused-ring (bicyclic) bond motifs is 1. The number of rotatable bonds is 3. The summed E-state index contributed by atoms with van der Waals surface area (Å²) in [5.74, 6) is 0.499. The van der Waals surface area contributed by atoms with Gasteiger partial charge in [0.2, 0.25) is 0 Å². The van der Waals surface area contributed by atoms with Crippen LogP contribution in [0, 0.1) is 13.8 Å². The number of aromatic nitrogens is 3. The molecule has 4 rings (SSSR count). The molecule has 0 fully saturated rings. The summed E-state index contributed by atoms with van der Waals surface area (Å²) in [6, 6.07) is 13.1. The van der Waals surface area contributed by atoms with Crippen LogP contribution in [0.4, 0.5) is 5.69 Å². The van der Waals surface area contributed by atoms with Crippen LogP contribution in [-0.2, 0) is 0 Å². The first-order valence-electron chi connectivity index (χ1n) is 7.88. The minimum absolute atomic E-state index is 0.286. The topological polar surface area (TPSA) is 72.4 Å². The maximum absolute atomic E-state index is 12.6. The number of amides is 1. The van der Waals surface area contributed by atoms with E-state index < -0.39 is 0 Å². The van der Waals surface area contributed by atoms with Crippen LogP contribution in [0.2, 0.25) is 0 Å². The fourth-order valence-corrected chi connectivity index (χ4v) is 2.79. The number of nitrogens with one attached hydrogen (secondary N) is 1. The third-order valence-electron chi connectivity index (χ3n) is 3.99. The second-order valence-corrected chi connectivity index (χ2v) is 5.83. The molecule has 25 heavy (non-hydrogen) atoms. The zero-order valence-electron chi connectivity index (χ0n) is 13.9. The predicted molar refractivity (Wildman–Crippen MR) is 94.6 cm³/mol. The van der Waals surface area contributed by atoms with Crippen LogP contribution in [-0.4, -0.2) is 20.3 Å². The minimum Gasteiger partial charge on any atom is -0.464 e. The van der Waals surface area contributed by atoms with E-state index in [4.69, 9.17) is 4.42 Å². The van der Waals surface area contributed by atoms with E-state index in [0.717, 1.165) is 22.7 Å². The van der Waals surface area contributed by atoms with E-state index in [2.05, 4.69) is 15.3 Å². The van der Waals surface area contributed by atoms with E-state index in [9.17, 15) is 4.79 Å². The zero-order chi connectivity index (χ0) is 17.4. The SMILES string of the molecule is Cc1cc(C)n2cnc(C(=O)Nc3ccc(-c4ccco4)cc3)c2n1. The first-order chi connectivity index (χ1) is 12.1. The molecule has 0 atom stereocenters. The lowest BCUT2D eigenvalue weighted by Gasteiger charge is -2.05. The highest BCUT2D eigenvalue weighted by Gasteiger charge is 2.16. The Bertz CT molecular complexity index is 1050. The summed E-state index contributed by atoms with van der Waals surface area (Å²) < 4.78 is 7.17. The van der Waals surface area contributed by atoms with Gasteiger partial charge < -0.3 is 9.73 Å². The second kappa shape index (κ2) is 5.90. The molecule has 0 aliphatic rings. The van der Waals surface area contributed by atoms with Gasteiger partial charge in [-0.15, -0.1) is 0 Å². The van der Waals surface area contributed by atoms with Crippen molar-refractivity contribution in [1.82, 2.24) is 14.4 Å². The fourth-order valence-electron chi connectivity index (χ4n) is 2.79. The van der Waals surface area contributed by atoms with Gasteiger partial charge in [0.25, 0.3) is 5.91 Å². The van der Waals surface area contributed by atoms with Gasteiger partial charge >= 0.3 is 0 Å². The zero-order valence-corrected chi connectivity index (χ0v) is 13.9. The Kier molecular flexibility index (Phi) is 3.57. The lowest BCUT2D eigenvalue weighted by Crippen LogP contribution is -2.13. The average Bonchev–Trinajstić information content (AvgIpc) is 3.25. The Morgan fingerprint density at radius 3 is 2.68 bits per heavy atom. The van der Waals surface area contributed by atoms with E-state index in [1.807, 2.05) is 60.7 Å². The predicted octanol–water partition coefficient (Wildman–Crippen LogP) is 3.86. The number of carbonyl (C=O) groups is 1. The lowest BCUT2D eigenvalue weighted by atomic mass is 10.1. The lowest BCUT2D eigenvalue weighted by molar-refractivity contribution is 0.102. The molecule has 0 spiro atoms. The van der Waals surface area contributed by atoms with Gasteiger partial charge in [0.05, 0.1) is 6.26 Å². The van der Waals surface area contributed by atoms with Gasteiger partial charge in [0, 0.05) is 22.6 Å². The first-order valence-corrected chi connectivity index (χ1v) is 7.88. The number of hydrogen-bond acceptors (Lipinski definition) is 4. The Balaban J connectivity index is 1.60. The molecule has 0 radical (unpaired) electrons. The molecular weight excluding hydrogens is 316 g/mol. The Labute approximate surface area is 144 Å². The van der Waals surface area contributed by atoms with E-state index >= 15 is 0 Å². The molecule has 0 saturated heterocycles. The van der Waals surface area contributed by atoms with Crippen molar-refractivity contribution < 1.29 is 9.21 Å². The van der Waals surface area contributed by atoms with Crippen molar-refractivity contribution in [3.63, 3.8) is 0 Å². The van der Waals surface area contributed by atoms with E-state index in [0.29, 0.717) is 17.0 Å². The van der Waals surface area contributed by atoms with Crippen LogP contribution < -0.4 is 5.32 Å². The molecule has 0 saturated carbocycles. The van der Waals surface area contributed by atoms with Gasteiger partial charge in [-0.1, -0.05) is 0 Å². The van der Waals surface area contributed by atoms with Gasteiger partial charge in [-0.3, -0.25) is 9.20 Å². The minimum atomic E-state index is -0.286. The van der Waals surface area contributed by atoms with E-state index in [-0.39, 0.29) is 5.91 Å². The van der Waals surface area contributed by atoms with Crippen LogP contribution in [0.15, 0.2) is 59.5 Å². The number of nitrogens with zero attached hydrogens (tertiary/aromatic N) is 3. The molecule has 0 unspecified atom stereocenters. The highest BCUT2D eigenvalue weighted by molar-refractivity contribution is 6.06. The number of benzene rings is 1. The molecule has 124 valence electrons. The van der Waals surface area contributed by atoms with Crippen LogP contribution in [0.5, 0.6) is 0 Å². The average molecular weight is 332 g/mol. The van der Waals surface area contributed by atoms with Crippen molar-refractivity contribution >= 4 is 17.2 Å².